The van der Waals surface area contributed by atoms with E-state index in [9.17, 15) is 20.1 Å². The summed E-state index contributed by atoms with van der Waals surface area (Å²) in [5.41, 5.74) is 6.46. The minimum Gasteiger partial charge on any atom is -0.422 e. The minimum atomic E-state index is -0.715. The molecule has 31 heavy (non-hydrogen) atoms. The minimum absolute atomic E-state index is 0.0650. The molecular weight excluding hydrogens is 432 g/mol. The summed E-state index contributed by atoms with van der Waals surface area (Å²) in [7, 11) is 0. The standard InChI is InChI=1S/C22H12N4O3S2/c23-9-14-19(18-6-3-7-30-18)15(10-24)21(26-20(14)25)31-11-16(27)13-8-12-4-1-2-5-17(12)29-22(13)28/h1-8H,11H2,(H2,25,26)/p+1. The molecule has 4 rings (SSSR count). The number of rotatable bonds is 5. The number of Topliss-reactive ketones (excluding diaryl/α,β-unsaturated/α-hetero) is 1. The molecule has 3 aromatic heterocycles. The van der Waals surface area contributed by atoms with Crippen molar-refractivity contribution >= 4 is 45.7 Å². The molecule has 0 spiro atoms. The van der Waals surface area contributed by atoms with E-state index in [2.05, 4.69) is 11.1 Å². The van der Waals surface area contributed by atoms with Crippen LogP contribution in [0, 0.1) is 22.7 Å². The number of nitriles is 2. The summed E-state index contributed by atoms with van der Waals surface area (Å²) < 4.78 is 5.23. The topological polar surface area (TPSA) is 135 Å². The number of carbonyl (C=O) groups excluding carboxylic acids is 1. The fourth-order valence-corrected chi connectivity index (χ4v) is 4.78. The second-order valence-corrected chi connectivity index (χ2v) is 8.32. The molecule has 0 saturated carbocycles. The molecule has 0 bridgehead atoms. The van der Waals surface area contributed by atoms with E-state index in [1.54, 1.807) is 30.3 Å². The number of benzene rings is 1. The molecule has 0 atom stereocenters. The quantitative estimate of drug-likeness (QED) is 0.281. The highest BCUT2D eigenvalue weighted by Gasteiger charge is 2.25. The van der Waals surface area contributed by atoms with Crippen molar-refractivity contribution in [2.45, 2.75) is 5.03 Å². The van der Waals surface area contributed by atoms with Gasteiger partial charge < -0.3 is 4.42 Å². The van der Waals surface area contributed by atoms with Gasteiger partial charge in [-0.2, -0.15) is 10.5 Å². The van der Waals surface area contributed by atoms with Crippen molar-refractivity contribution < 1.29 is 14.2 Å². The number of ketones is 1. The van der Waals surface area contributed by atoms with Gasteiger partial charge in [-0.3, -0.25) is 10.5 Å². The zero-order valence-electron chi connectivity index (χ0n) is 15.8. The van der Waals surface area contributed by atoms with Crippen LogP contribution >= 0.6 is 23.1 Å². The molecular formula is C22H13N4O3S2+. The molecule has 9 heteroatoms. The molecule has 0 amide bonds. The molecule has 0 aliphatic rings. The van der Waals surface area contributed by atoms with E-state index in [0.717, 1.165) is 16.6 Å². The Morgan fingerprint density at radius 1 is 1.16 bits per heavy atom. The smallest absolute Gasteiger partial charge is 0.347 e. The predicted octanol–water partition coefficient (Wildman–Crippen LogP) is 3.64. The average Bonchev–Trinajstić information content (AvgIpc) is 3.31. The number of aromatic amines is 1. The van der Waals surface area contributed by atoms with E-state index >= 15 is 0 Å². The van der Waals surface area contributed by atoms with Gasteiger partial charge in [-0.05, 0) is 23.6 Å². The molecule has 4 aromatic rings. The normalized spacial score (nSPS) is 10.5. The summed E-state index contributed by atoms with van der Waals surface area (Å²) >= 11 is 2.42. The summed E-state index contributed by atoms with van der Waals surface area (Å²) in [5, 5.41) is 22.1. The molecule has 0 radical (unpaired) electrons. The molecule has 1 aromatic carbocycles. The fourth-order valence-electron chi connectivity index (χ4n) is 3.09. The third-order valence-corrected chi connectivity index (χ3v) is 6.41. The lowest BCUT2D eigenvalue weighted by molar-refractivity contribution is -0.410. The Kier molecular flexibility index (Phi) is 5.54. The van der Waals surface area contributed by atoms with Gasteiger partial charge in [0.25, 0.3) is 5.82 Å². The van der Waals surface area contributed by atoms with Crippen molar-refractivity contribution in [3.05, 3.63) is 75.0 Å². The first kappa shape index (κ1) is 20.4. The highest BCUT2D eigenvalue weighted by atomic mass is 32.2. The Morgan fingerprint density at radius 3 is 2.65 bits per heavy atom. The number of thiophene rings is 1. The van der Waals surface area contributed by atoms with Gasteiger partial charge in [-0.25, -0.2) is 9.78 Å². The van der Waals surface area contributed by atoms with Gasteiger partial charge in [0.15, 0.2) is 16.4 Å². The van der Waals surface area contributed by atoms with Gasteiger partial charge in [0.1, 0.15) is 28.8 Å². The third kappa shape index (κ3) is 3.80. The van der Waals surface area contributed by atoms with Crippen LogP contribution in [0.15, 0.2) is 62.1 Å². The molecule has 0 saturated heterocycles. The van der Waals surface area contributed by atoms with E-state index < -0.39 is 11.4 Å². The maximum atomic E-state index is 12.7. The Bertz CT molecular complexity index is 1460. The van der Waals surface area contributed by atoms with E-state index in [0.29, 0.717) is 21.6 Å². The van der Waals surface area contributed by atoms with Crippen LogP contribution in [-0.2, 0) is 0 Å². The number of nitrogens with zero attached hydrogens (tertiary/aromatic N) is 2. The van der Waals surface area contributed by atoms with Crippen molar-refractivity contribution in [2.75, 3.05) is 11.5 Å². The number of carbonyl (C=O) groups is 1. The summed E-state index contributed by atoms with van der Waals surface area (Å²) in [4.78, 5) is 28.6. The monoisotopic (exact) mass is 445 g/mol. The second-order valence-electron chi connectivity index (χ2n) is 6.39. The molecule has 0 unspecified atom stereocenters. The number of H-pyrrole nitrogens is 1. The molecule has 3 N–H and O–H groups in total. The maximum absolute atomic E-state index is 12.7. The van der Waals surface area contributed by atoms with Gasteiger partial charge in [0.2, 0.25) is 0 Å². The number of hydrogen-bond donors (Lipinski definition) is 1. The van der Waals surface area contributed by atoms with E-state index in [-0.39, 0.29) is 28.3 Å². The Labute approximate surface area is 184 Å². The van der Waals surface area contributed by atoms with E-state index in [1.807, 2.05) is 17.5 Å². The molecule has 150 valence electrons. The first-order valence-corrected chi connectivity index (χ1v) is 10.8. The number of nitrogens with two attached hydrogens (primary N) is 1. The van der Waals surface area contributed by atoms with Crippen molar-refractivity contribution in [2.24, 2.45) is 0 Å². The third-order valence-electron chi connectivity index (χ3n) is 4.53. The predicted molar refractivity (Wildman–Crippen MR) is 118 cm³/mol. The van der Waals surface area contributed by atoms with Gasteiger partial charge >= 0.3 is 5.63 Å². The highest BCUT2D eigenvalue weighted by molar-refractivity contribution is 7.99. The van der Waals surface area contributed by atoms with Crippen molar-refractivity contribution in [1.29, 1.82) is 10.5 Å². The van der Waals surface area contributed by atoms with Crippen LogP contribution < -0.4 is 16.3 Å². The lowest BCUT2D eigenvalue weighted by atomic mass is 10.0. The number of nitrogens with one attached hydrogen (secondary N) is 1. The number of anilines is 1. The summed E-state index contributed by atoms with van der Waals surface area (Å²) in [6.45, 7) is 0. The SMILES string of the molecule is N#Cc1c(N)[nH+]c(SCC(=O)c2cc3ccccc3oc2=O)c(C#N)c1-c1cccs1. The lowest BCUT2D eigenvalue weighted by Crippen LogP contribution is -2.20. The van der Waals surface area contributed by atoms with E-state index in [1.165, 1.54) is 17.4 Å². The Balaban J connectivity index is 1.70. The van der Waals surface area contributed by atoms with E-state index in [4.69, 9.17) is 10.2 Å². The number of nitrogen functional groups attached to an aromatic ring is 1. The first-order chi connectivity index (χ1) is 15.0. The zero-order chi connectivity index (χ0) is 22.0. The van der Waals surface area contributed by atoms with Crippen molar-refractivity contribution in [3.63, 3.8) is 0 Å². The zero-order valence-corrected chi connectivity index (χ0v) is 17.5. The molecule has 0 aliphatic heterocycles. The van der Waals surface area contributed by atoms with Crippen LogP contribution in [0.3, 0.4) is 0 Å². The molecule has 0 aliphatic carbocycles. The van der Waals surface area contributed by atoms with Crippen molar-refractivity contribution in [3.8, 4) is 22.6 Å². The van der Waals surface area contributed by atoms with Crippen LogP contribution in [-0.4, -0.2) is 11.5 Å². The highest BCUT2D eigenvalue weighted by Crippen LogP contribution is 2.36. The lowest BCUT2D eigenvalue weighted by Gasteiger charge is -2.08. The summed E-state index contributed by atoms with van der Waals surface area (Å²) in [6.07, 6.45) is 0. The average molecular weight is 446 g/mol. The number of aromatic nitrogens is 1. The van der Waals surface area contributed by atoms with Crippen molar-refractivity contribution in [1.82, 2.24) is 0 Å². The summed E-state index contributed by atoms with van der Waals surface area (Å²) in [5.74, 6) is -0.462. The largest absolute Gasteiger partial charge is 0.422 e. The van der Waals surface area contributed by atoms with Crippen LogP contribution in [0.25, 0.3) is 21.4 Å². The number of thioether (sulfide) groups is 1. The van der Waals surface area contributed by atoms with Gasteiger partial charge in [-0.1, -0.05) is 36.0 Å². The number of para-hydroxylation sites is 1. The molecule has 7 nitrogen and oxygen atoms in total. The van der Waals surface area contributed by atoms with Crippen LogP contribution in [0.2, 0.25) is 0 Å². The number of hydrogen-bond acceptors (Lipinski definition) is 8. The first-order valence-electron chi connectivity index (χ1n) is 8.95. The second kappa shape index (κ2) is 8.44. The van der Waals surface area contributed by atoms with Crippen LogP contribution in [0.1, 0.15) is 21.5 Å². The molecule has 0 fully saturated rings. The summed E-state index contributed by atoms with van der Waals surface area (Å²) in [6, 6.07) is 16.2. The van der Waals surface area contributed by atoms with Crippen LogP contribution in [0.4, 0.5) is 5.82 Å². The fraction of sp³-hybridized carbons (Fsp3) is 0.0455. The van der Waals surface area contributed by atoms with Gasteiger partial charge in [0, 0.05) is 15.8 Å². The Morgan fingerprint density at radius 2 is 1.94 bits per heavy atom. The van der Waals surface area contributed by atoms with Crippen LogP contribution in [0.5, 0.6) is 0 Å². The van der Waals surface area contributed by atoms with Gasteiger partial charge in [0.05, 0.1) is 5.75 Å². The number of fused-ring (bicyclic) bond motifs is 1. The molecule has 3 heterocycles. The Hall–Kier alpha value is -3.92. The number of pyridine rings is 1. The van der Waals surface area contributed by atoms with Gasteiger partial charge in [-0.15, -0.1) is 11.3 Å². The maximum Gasteiger partial charge on any atom is 0.347 e.